The summed E-state index contributed by atoms with van der Waals surface area (Å²) in [5, 5.41) is 11.5. The van der Waals surface area contributed by atoms with Crippen molar-refractivity contribution in [2.45, 2.75) is 18.9 Å². The van der Waals surface area contributed by atoms with Gasteiger partial charge in [0.05, 0.1) is 18.6 Å². The molecule has 0 spiro atoms. The smallest absolute Gasteiger partial charge is 0.335 e. The molecule has 1 aliphatic heterocycles. The number of hydrogen-bond donors (Lipinski definition) is 2. The van der Waals surface area contributed by atoms with E-state index in [-0.39, 0.29) is 12.0 Å². The second-order valence-electron chi connectivity index (χ2n) is 4.22. The molecule has 1 atom stereocenters. The van der Waals surface area contributed by atoms with E-state index < -0.39 is 23.9 Å². The zero-order valence-corrected chi connectivity index (χ0v) is 10.1. The molecule has 0 saturated carbocycles. The van der Waals surface area contributed by atoms with Crippen LogP contribution >= 0.6 is 0 Å². The highest BCUT2D eigenvalue weighted by Gasteiger charge is 2.28. The van der Waals surface area contributed by atoms with Gasteiger partial charge in [-0.15, -0.1) is 0 Å². The van der Waals surface area contributed by atoms with Gasteiger partial charge < -0.3 is 15.2 Å². The molecule has 100 valence electrons. The van der Waals surface area contributed by atoms with Crippen LogP contribution in [-0.2, 0) is 20.7 Å². The molecule has 19 heavy (non-hydrogen) atoms. The van der Waals surface area contributed by atoms with Gasteiger partial charge in [0.25, 0.3) is 0 Å². The Morgan fingerprint density at radius 3 is 2.74 bits per heavy atom. The van der Waals surface area contributed by atoms with Crippen LogP contribution in [0.2, 0.25) is 0 Å². The summed E-state index contributed by atoms with van der Waals surface area (Å²) in [5.41, 5.74) is 0.505. The largest absolute Gasteiger partial charge is 0.478 e. The molecule has 6 heteroatoms. The third-order valence-electron chi connectivity index (χ3n) is 2.87. The molecular formula is C13H13NO5. The third-order valence-corrected chi connectivity index (χ3v) is 2.87. The van der Waals surface area contributed by atoms with Crippen LogP contribution in [0, 0.1) is 0 Å². The molecule has 1 heterocycles. The number of carbonyl (C=O) groups is 3. The molecule has 1 fully saturated rings. The summed E-state index contributed by atoms with van der Waals surface area (Å²) in [6, 6.07) is 5.66. The number of ether oxygens (including phenoxy) is 1. The van der Waals surface area contributed by atoms with Gasteiger partial charge in [-0.1, -0.05) is 18.2 Å². The first-order valence-electron chi connectivity index (χ1n) is 5.85. The van der Waals surface area contributed by atoms with Crippen molar-refractivity contribution in [3.05, 3.63) is 35.4 Å². The second-order valence-corrected chi connectivity index (χ2v) is 4.22. The van der Waals surface area contributed by atoms with Gasteiger partial charge in [0.15, 0.2) is 0 Å². The average molecular weight is 263 g/mol. The highest BCUT2D eigenvalue weighted by molar-refractivity contribution is 5.92. The van der Waals surface area contributed by atoms with Crippen LogP contribution in [0.25, 0.3) is 0 Å². The van der Waals surface area contributed by atoms with E-state index in [2.05, 4.69) is 5.32 Å². The number of aromatic carboxylic acids is 1. The number of esters is 1. The van der Waals surface area contributed by atoms with Gasteiger partial charge in [0.1, 0.15) is 6.04 Å². The number of carboxylic acids is 1. The molecule has 1 amide bonds. The Morgan fingerprint density at radius 2 is 2.11 bits per heavy atom. The molecule has 0 radical (unpaired) electrons. The van der Waals surface area contributed by atoms with Crippen LogP contribution in [0.5, 0.6) is 0 Å². The van der Waals surface area contributed by atoms with Gasteiger partial charge in [0, 0.05) is 6.42 Å². The van der Waals surface area contributed by atoms with Crippen LogP contribution in [0.1, 0.15) is 22.3 Å². The summed E-state index contributed by atoms with van der Waals surface area (Å²) >= 11 is 0. The number of hydrogen-bond acceptors (Lipinski definition) is 4. The van der Waals surface area contributed by atoms with E-state index in [0.717, 1.165) is 0 Å². The Morgan fingerprint density at radius 1 is 1.37 bits per heavy atom. The summed E-state index contributed by atoms with van der Waals surface area (Å²) in [7, 11) is 0. The monoisotopic (exact) mass is 263 g/mol. The molecule has 6 nitrogen and oxygen atoms in total. The quantitative estimate of drug-likeness (QED) is 0.765. The average Bonchev–Trinajstić information content (AvgIpc) is 2.75. The van der Waals surface area contributed by atoms with Crippen molar-refractivity contribution in [3.63, 3.8) is 0 Å². The Labute approximate surface area is 109 Å². The molecule has 1 saturated heterocycles. The highest BCUT2D eigenvalue weighted by atomic mass is 16.5. The number of nitrogens with one attached hydrogen (secondary N) is 1. The minimum Gasteiger partial charge on any atom is -0.478 e. The van der Waals surface area contributed by atoms with Crippen LogP contribution < -0.4 is 5.32 Å². The number of amides is 1. The lowest BCUT2D eigenvalue weighted by molar-refractivity contribution is -0.141. The first-order chi connectivity index (χ1) is 9.08. The number of cyclic esters (lactones) is 1. The molecular weight excluding hydrogens is 250 g/mol. The molecule has 2 N–H and O–H groups in total. The SMILES string of the molecule is O=C(Cc1ccccc1C(=O)O)NC1CCOC1=O. The summed E-state index contributed by atoms with van der Waals surface area (Å²) in [4.78, 5) is 34.0. The van der Waals surface area contributed by atoms with Crippen LogP contribution in [0.15, 0.2) is 24.3 Å². The summed E-state index contributed by atoms with van der Waals surface area (Å²) in [5.74, 6) is -1.92. The summed E-state index contributed by atoms with van der Waals surface area (Å²) < 4.78 is 4.73. The fraction of sp³-hybridized carbons (Fsp3) is 0.308. The van der Waals surface area contributed by atoms with Crippen molar-refractivity contribution in [3.8, 4) is 0 Å². The lowest BCUT2D eigenvalue weighted by Gasteiger charge is -2.10. The van der Waals surface area contributed by atoms with Gasteiger partial charge in [-0.3, -0.25) is 4.79 Å². The van der Waals surface area contributed by atoms with Crippen LogP contribution in [0.3, 0.4) is 0 Å². The van der Waals surface area contributed by atoms with E-state index >= 15 is 0 Å². The first kappa shape index (κ1) is 13.1. The Kier molecular flexibility index (Phi) is 3.79. The standard InChI is InChI=1S/C13H13NO5/c15-11(14-10-5-6-19-13(10)18)7-8-3-1-2-4-9(8)12(16)17/h1-4,10H,5-7H2,(H,14,15)(H,16,17). The van der Waals surface area contributed by atoms with E-state index in [1.807, 2.05) is 0 Å². The zero-order valence-electron chi connectivity index (χ0n) is 10.1. The number of carboxylic acid groups (broad SMARTS) is 1. The van der Waals surface area contributed by atoms with Crippen molar-refractivity contribution >= 4 is 17.8 Å². The topological polar surface area (TPSA) is 92.7 Å². The van der Waals surface area contributed by atoms with Crippen molar-refractivity contribution < 1.29 is 24.2 Å². The van der Waals surface area contributed by atoms with E-state index in [9.17, 15) is 14.4 Å². The molecule has 1 aromatic carbocycles. The minimum atomic E-state index is -1.08. The Balaban J connectivity index is 2.03. The molecule has 1 aromatic rings. The van der Waals surface area contributed by atoms with Gasteiger partial charge >= 0.3 is 11.9 Å². The normalized spacial score (nSPS) is 17.9. The van der Waals surface area contributed by atoms with Gasteiger partial charge in [-0.2, -0.15) is 0 Å². The molecule has 0 aliphatic carbocycles. The van der Waals surface area contributed by atoms with E-state index in [0.29, 0.717) is 18.6 Å². The van der Waals surface area contributed by atoms with Crippen molar-refractivity contribution in [2.75, 3.05) is 6.61 Å². The molecule has 0 bridgehead atoms. The lowest BCUT2D eigenvalue weighted by atomic mass is 10.0. The number of benzene rings is 1. The Bertz CT molecular complexity index is 526. The van der Waals surface area contributed by atoms with Crippen molar-refractivity contribution in [1.82, 2.24) is 5.32 Å². The van der Waals surface area contributed by atoms with E-state index in [4.69, 9.17) is 9.84 Å². The fourth-order valence-electron chi connectivity index (χ4n) is 1.93. The van der Waals surface area contributed by atoms with Gasteiger partial charge in [0.2, 0.25) is 5.91 Å². The van der Waals surface area contributed by atoms with Crippen molar-refractivity contribution in [1.29, 1.82) is 0 Å². The fourth-order valence-corrected chi connectivity index (χ4v) is 1.93. The Hall–Kier alpha value is -2.37. The molecule has 0 aromatic heterocycles. The van der Waals surface area contributed by atoms with E-state index in [1.165, 1.54) is 6.07 Å². The zero-order chi connectivity index (χ0) is 13.8. The maximum Gasteiger partial charge on any atom is 0.335 e. The van der Waals surface area contributed by atoms with Crippen molar-refractivity contribution in [2.24, 2.45) is 0 Å². The van der Waals surface area contributed by atoms with Crippen LogP contribution in [-0.4, -0.2) is 35.6 Å². The first-order valence-corrected chi connectivity index (χ1v) is 5.85. The number of carbonyl (C=O) groups excluding carboxylic acids is 2. The summed E-state index contributed by atoms with van der Waals surface area (Å²) in [6.45, 7) is 0.301. The third kappa shape index (κ3) is 3.09. The lowest BCUT2D eigenvalue weighted by Crippen LogP contribution is -2.38. The van der Waals surface area contributed by atoms with E-state index in [1.54, 1.807) is 18.2 Å². The second kappa shape index (κ2) is 5.51. The molecule has 1 unspecified atom stereocenters. The van der Waals surface area contributed by atoms with Crippen LogP contribution in [0.4, 0.5) is 0 Å². The molecule has 1 aliphatic rings. The van der Waals surface area contributed by atoms with Gasteiger partial charge in [-0.05, 0) is 11.6 Å². The summed E-state index contributed by atoms with van der Waals surface area (Å²) in [6.07, 6.45) is 0.372. The number of rotatable bonds is 4. The predicted molar refractivity (Wildman–Crippen MR) is 64.6 cm³/mol. The molecule has 2 rings (SSSR count). The highest BCUT2D eigenvalue weighted by Crippen LogP contribution is 2.11. The minimum absolute atomic E-state index is 0.0771. The maximum absolute atomic E-state index is 11.8. The van der Waals surface area contributed by atoms with Gasteiger partial charge in [-0.25, -0.2) is 9.59 Å². The maximum atomic E-state index is 11.8. The predicted octanol–water partition coefficient (Wildman–Crippen LogP) is 0.359.